The van der Waals surface area contributed by atoms with Crippen LogP contribution in [0.1, 0.15) is 4.88 Å². The van der Waals surface area contributed by atoms with E-state index in [2.05, 4.69) is 33.0 Å². The Morgan fingerprint density at radius 3 is 2.50 bits per heavy atom. The number of aromatic nitrogens is 3. The van der Waals surface area contributed by atoms with Crippen molar-refractivity contribution < 1.29 is 0 Å². The van der Waals surface area contributed by atoms with Crippen molar-refractivity contribution in [2.75, 3.05) is 5.32 Å². The molecule has 5 heteroatoms. The summed E-state index contributed by atoms with van der Waals surface area (Å²) in [6.07, 6.45) is 3.34. The lowest BCUT2D eigenvalue weighted by molar-refractivity contribution is 0.752. The number of rotatable bonds is 4. The van der Waals surface area contributed by atoms with E-state index in [-0.39, 0.29) is 0 Å². The van der Waals surface area contributed by atoms with E-state index in [1.54, 1.807) is 28.5 Å². The third kappa shape index (κ3) is 2.41. The smallest absolute Gasteiger partial charge is 0.0858 e. The highest BCUT2D eigenvalue weighted by atomic mass is 32.1. The minimum Gasteiger partial charge on any atom is -0.380 e. The Morgan fingerprint density at radius 2 is 1.83 bits per heavy atom. The summed E-state index contributed by atoms with van der Waals surface area (Å²) in [5.41, 5.74) is 2.06. The molecule has 0 saturated heterocycles. The Kier molecular flexibility index (Phi) is 3.06. The van der Waals surface area contributed by atoms with Gasteiger partial charge in [-0.1, -0.05) is 6.07 Å². The first kappa shape index (κ1) is 11.0. The van der Waals surface area contributed by atoms with Crippen molar-refractivity contribution in [3.63, 3.8) is 0 Å². The van der Waals surface area contributed by atoms with Gasteiger partial charge in [0.15, 0.2) is 0 Å². The molecule has 0 bridgehead atoms. The largest absolute Gasteiger partial charge is 0.380 e. The molecule has 0 radical (unpaired) electrons. The molecule has 0 aliphatic rings. The van der Waals surface area contributed by atoms with Crippen molar-refractivity contribution >= 4 is 17.0 Å². The quantitative estimate of drug-likeness (QED) is 0.780. The highest BCUT2D eigenvalue weighted by molar-refractivity contribution is 7.09. The molecule has 2 aromatic heterocycles. The van der Waals surface area contributed by atoms with Gasteiger partial charge in [0.25, 0.3) is 0 Å². The number of benzene rings is 1. The molecule has 0 spiro atoms. The second kappa shape index (κ2) is 5.01. The maximum absolute atomic E-state index is 4.09. The highest BCUT2D eigenvalue weighted by Crippen LogP contribution is 2.14. The Balaban J connectivity index is 1.68. The van der Waals surface area contributed by atoms with Crippen LogP contribution in [0.25, 0.3) is 5.69 Å². The van der Waals surface area contributed by atoms with Gasteiger partial charge in [-0.05, 0) is 35.7 Å². The summed E-state index contributed by atoms with van der Waals surface area (Å²) in [6, 6.07) is 12.2. The molecule has 0 aliphatic heterocycles. The summed E-state index contributed by atoms with van der Waals surface area (Å²) in [7, 11) is 0. The summed E-state index contributed by atoms with van der Waals surface area (Å²) < 4.78 is 0. The van der Waals surface area contributed by atoms with Crippen LogP contribution in [-0.2, 0) is 6.54 Å². The molecule has 0 unspecified atom stereocenters. The molecule has 0 aliphatic carbocycles. The SMILES string of the molecule is c1csc(CNc2ccc(-n3nccn3)cc2)c1. The van der Waals surface area contributed by atoms with E-state index < -0.39 is 0 Å². The first-order chi connectivity index (χ1) is 8.92. The van der Waals surface area contributed by atoms with E-state index in [1.165, 1.54) is 4.88 Å². The van der Waals surface area contributed by atoms with E-state index in [9.17, 15) is 0 Å². The van der Waals surface area contributed by atoms with Gasteiger partial charge in [0.05, 0.1) is 18.1 Å². The molecule has 0 atom stereocenters. The summed E-state index contributed by atoms with van der Waals surface area (Å²) >= 11 is 1.76. The van der Waals surface area contributed by atoms with Gasteiger partial charge < -0.3 is 5.32 Å². The van der Waals surface area contributed by atoms with Gasteiger partial charge in [-0.3, -0.25) is 0 Å². The zero-order chi connectivity index (χ0) is 12.2. The zero-order valence-corrected chi connectivity index (χ0v) is 10.5. The lowest BCUT2D eigenvalue weighted by Gasteiger charge is -2.05. The third-order valence-corrected chi connectivity index (χ3v) is 3.44. The maximum atomic E-state index is 4.09. The molecule has 1 aromatic carbocycles. The molecular weight excluding hydrogens is 244 g/mol. The summed E-state index contributed by atoms with van der Waals surface area (Å²) in [5.74, 6) is 0. The number of anilines is 1. The average Bonchev–Trinajstić information content (AvgIpc) is 3.10. The molecule has 0 saturated carbocycles. The molecule has 2 heterocycles. The molecule has 1 N–H and O–H groups in total. The van der Waals surface area contributed by atoms with E-state index in [0.29, 0.717) is 0 Å². The van der Waals surface area contributed by atoms with Crippen LogP contribution in [0.5, 0.6) is 0 Å². The molecule has 4 nitrogen and oxygen atoms in total. The standard InChI is InChI=1S/C13H12N4S/c1-2-13(18-9-1)10-14-11-3-5-12(6-4-11)17-15-7-8-16-17/h1-9,14H,10H2. The van der Waals surface area contributed by atoms with Crippen LogP contribution in [-0.4, -0.2) is 15.0 Å². The minimum absolute atomic E-state index is 0.858. The van der Waals surface area contributed by atoms with Crippen LogP contribution >= 0.6 is 11.3 Å². The fourth-order valence-corrected chi connectivity index (χ4v) is 2.31. The summed E-state index contributed by atoms with van der Waals surface area (Å²) in [4.78, 5) is 2.93. The molecule has 3 aromatic rings. The molecule has 0 amide bonds. The van der Waals surface area contributed by atoms with E-state index in [1.807, 2.05) is 24.3 Å². The number of nitrogens with one attached hydrogen (secondary N) is 1. The van der Waals surface area contributed by atoms with Gasteiger partial charge in [-0.25, -0.2) is 0 Å². The monoisotopic (exact) mass is 256 g/mol. The fourth-order valence-electron chi connectivity index (χ4n) is 1.66. The average molecular weight is 256 g/mol. The van der Waals surface area contributed by atoms with Gasteiger partial charge >= 0.3 is 0 Å². The van der Waals surface area contributed by atoms with Crippen molar-refractivity contribution in [3.8, 4) is 5.69 Å². The first-order valence-corrected chi connectivity index (χ1v) is 6.53. The van der Waals surface area contributed by atoms with Crippen molar-refractivity contribution in [1.29, 1.82) is 0 Å². The topological polar surface area (TPSA) is 42.7 Å². The van der Waals surface area contributed by atoms with Crippen molar-refractivity contribution in [2.24, 2.45) is 0 Å². The van der Waals surface area contributed by atoms with Gasteiger partial charge in [-0.2, -0.15) is 15.0 Å². The number of hydrogen-bond acceptors (Lipinski definition) is 4. The van der Waals surface area contributed by atoms with Crippen molar-refractivity contribution in [1.82, 2.24) is 15.0 Å². The van der Waals surface area contributed by atoms with Crippen LogP contribution in [0, 0.1) is 0 Å². The van der Waals surface area contributed by atoms with Crippen LogP contribution in [0.4, 0.5) is 5.69 Å². The third-order valence-electron chi connectivity index (χ3n) is 2.56. The molecular formula is C13H12N4S. The number of hydrogen-bond donors (Lipinski definition) is 1. The second-order valence-electron chi connectivity index (χ2n) is 3.80. The van der Waals surface area contributed by atoms with E-state index in [4.69, 9.17) is 0 Å². The molecule has 90 valence electrons. The summed E-state index contributed by atoms with van der Waals surface area (Å²) in [5, 5.41) is 13.6. The molecule has 0 fully saturated rings. The predicted octanol–water partition coefficient (Wildman–Crippen LogP) is 2.94. The van der Waals surface area contributed by atoms with Crippen LogP contribution < -0.4 is 5.32 Å². The maximum Gasteiger partial charge on any atom is 0.0858 e. The van der Waals surface area contributed by atoms with Crippen LogP contribution in [0.2, 0.25) is 0 Å². The summed E-state index contributed by atoms with van der Waals surface area (Å²) in [6.45, 7) is 0.858. The van der Waals surface area contributed by atoms with Crippen LogP contribution in [0.3, 0.4) is 0 Å². The Morgan fingerprint density at radius 1 is 1.06 bits per heavy atom. The Hall–Kier alpha value is -2.14. The number of nitrogens with zero attached hydrogens (tertiary/aromatic N) is 3. The second-order valence-corrected chi connectivity index (χ2v) is 4.83. The van der Waals surface area contributed by atoms with E-state index >= 15 is 0 Å². The van der Waals surface area contributed by atoms with Crippen molar-refractivity contribution in [3.05, 3.63) is 59.0 Å². The molecule has 3 rings (SSSR count). The number of thiophene rings is 1. The normalized spacial score (nSPS) is 10.4. The van der Waals surface area contributed by atoms with Gasteiger partial charge in [0, 0.05) is 17.1 Å². The highest BCUT2D eigenvalue weighted by Gasteiger charge is 1.98. The van der Waals surface area contributed by atoms with E-state index in [0.717, 1.165) is 17.9 Å². The van der Waals surface area contributed by atoms with Gasteiger partial charge in [0.2, 0.25) is 0 Å². The lowest BCUT2D eigenvalue weighted by Crippen LogP contribution is -2.00. The Bertz CT molecular complexity index is 584. The first-order valence-electron chi connectivity index (χ1n) is 5.65. The van der Waals surface area contributed by atoms with Gasteiger partial charge in [-0.15, -0.1) is 11.3 Å². The van der Waals surface area contributed by atoms with Crippen molar-refractivity contribution in [2.45, 2.75) is 6.54 Å². The Labute approximate surface area is 109 Å². The van der Waals surface area contributed by atoms with Crippen LogP contribution in [0.15, 0.2) is 54.2 Å². The minimum atomic E-state index is 0.858. The molecule has 18 heavy (non-hydrogen) atoms. The fraction of sp³-hybridized carbons (Fsp3) is 0.0769. The lowest BCUT2D eigenvalue weighted by atomic mass is 10.3. The zero-order valence-electron chi connectivity index (χ0n) is 9.65. The van der Waals surface area contributed by atoms with Gasteiger partial charge in [0.1, 0.15) is 0 Å². The predicted molar refractivity (Wildman–Crippen MR) is 73.0 cm³/mol.